The first-order chi connectivity index (χ1) is 10.7. The van der Waals surface area contributed by atoms with Crippen LogP contribution in [0.15, 0.2) is 54.6 Å². The molecule has 0 aromatic heterocycles. The predicted molar refractivity (Wildman–Crippen MR) is 86.9 cm³/mol. The average molecular weight is 295 g/mol. The SMILES string of the molecule is O=C(O)c1cccc(CNC(Cc2ccccc2)C2CC2)c1. The Morgan fingerprint density at radius 3 is 2.50 bits per heavy atom. The summed E-state index contributed by atoms with van der Waals surface area (Å²) in [4.78, 5) is 11.0. The molecule has 114 valence electrons. The molecule has 3 rings (SSSR count). The lowest BCUT2D eigenvalue weighted by atomic mass is 10.0. The van der Waals surface area contributed by atoms with Gasteiger partial charge < -0.3 is 10.4 Å². The standard InChI is InChI=1S/C19H21NO2/c21-19(22)17-8-4-7-15(11-17)13-20-18(16-9-10-16)12-14-5-2-1-3-6-14/h1-8,11,16,18,20H,9-10,12-13H2,(H,21,22). The monoisotopic (exact) mass is 295 g/mol. The van der Waals surface area contributed by atoms with Crippen LogP contribution in [0.3, 0.4) is 0 Å². The normalized spacial score (nSPS) is 15.5. The highest BCUT2D eigenvalue weighted by Gasteiger charge is 2.30. The molecule has 3 heteroatoms. The molecular formula is C19H21NO2. The lowest BCUT2D eigenvalue weighted by Gasteiger charge is -2.18. The number of carboxylic acid groups (broad SMARTS) is 1. The first-order valence-corrected chi connectivity index (χ1v) is 7.82. The number of rotatable bonds is 7. The largest absolute Gasteiger partial charge is 0.478 e. The van der Waals surface area contributed by atoms with Gasteiger partial charge in [-0.3, -0.25) is 0 Å². The minimum absolute atomic E-state index is 0.352. The maximum absolute atomic E-state index is 11.0. The number of aromatic carboxylic acids is 1. The Morgan fingerprint density at radius 2 is 1.82 bits per heavy atom. The Morgan fingerprint density at radius 1 is 1.09 bits per heavy atom. The van der Waals surface area contributed by atoms with Crippen LogP contribution in [0.1, 0.15) is 34.3 Å². The molecule has 22 heavy (non-hydrogen) atoms. The summed E-state index contributed by atoms with van der Waals surface area (Å²) in [6.07, 6.45) is 3.61. The van der Waals surface area contributed by atoms with Gasteiger partial charge in [-0.1, -0.05) is 42.5 Å². The smallest absolute Gasteiger partial charge is 0.335 e. The first kappa shape index (κ1) is 14.8. The van der Waals surface area contributed by atoms with E-state index in [4.69, 9.17) is 5.11 Å². The van der Waals surface area contributed by atoms with E-state index < -0.39 is 5.97 Å². The molecule has 1 unspecified atom stereocenters. The topological polar surface area (TPSA) is 49.3 Å². The van der Waals surface area contributed by atoms with Crippen molar-refractivity contribution >= 4 is 5.97 Å². The molecule has 3 nitrogen and oxygen atoms in total. The second kappa shape index (κ2) is 6.75. The van der Waals surface area contributed by atoms with E-state index in [1.165, 1.54) is 18.4 Å². The van der Waals surface area contributed by atoms with Gasteiger partial charge in [0.2, 0.25) is 0 Å². The number of hydrogen-bond donors (Lipinski definition) is 2. The van der Waals surface area contributed by atoms with Crippen molar-refractivity contribution in [1.29, 1.82) is 0 Å². The third-order valence-electron chi connectivity index (χ3n) is 4.23. The van der Waals surface area contributed by atoms with Gasteiger partial charge >= 0.3 is 5.97 Å². The quantitative estimate of drug-likeness (QED) is 0.822. The van der Waals surface area contributed by atoms with Crippen LogP contribution in [0.25, 0.3) is 0 Å². The van der Waals surface area contributed by atoms with E-state index in [0.29, 0.717) is 11.6 Å². The molecule has 2 aromatic carbocycles. The molecule has 1 aliphatic rings. The van der Waals surface area contributed by atoms with Crippen LogP contribution in [-0.2, 0) is 13.0 Å². The minimum Gasteiger partial charge on any atom is -0.478 e. The third-order valence-corrected chi connectivity index (χ3v) is 4.23. The lowest BCUT2D eigenvalue weighted by Crippen LogP contribution is -2.32. The Hall–Kier alpha value is -2.13. The fourth-order valence-corrected chi connectivity index (χ4v) is 2.84. The maximum atomic E-state index is 11.0. The van der Waals surface area contributed by atoms with Crippen molar-refractivity contribution in [2.45, 2.75) is 31.8 Å². The summed E-state index contributed by atoms with van der Waals surface area (Å²) < 4.78 is 0. The van der Waals surface area contributed by atoms with Crippen molar-refractivity contribution in [3.63, 3.8) is 0 Å². The summed E-state index contributed by atoms with van der Waals surface area (Å²) in [5, 5.41) is 12.7. The summed E-state index contributed by atoms with van der Waals surface area (Å²) in [7, 11) is 0. The van der Waals surface area contributed by atoms with E-state index >= 15 is 0 Å². The minimum atomic E-state index is -0.870. The third kappa shape index (κ3) is 3.95. The van der Waals surface area contributed by atoms with Gasteiger partial charge in [-0.2, -0.15) is 0 Å². The van der Waals surface area contributed by atoms with Gasteiger partial charge in [-0.15, -0.1) is 0 Å². The fraction of sp³-hybridized carbons (Fsp3) is 0.316. The molecule has 2 N–H and O–H groups in total. The summed E-state index contributed by atoms with van der Waals surface area (Å²) >= 11 is 0. The molecule has 0 aliphatic heterocycles. The zero-order valence-electron chi connectivity index (χ0n) is 12.5. The van der Waals surface area contributed by atoms with Crippen LogP contribution in [0.2, 0.25) is 0 Å². The van der Waals surface area contributed by atoms with Crippen molar-refractivity contribution in [2.24, 2.45) is 5.92 Å². The van der Waals surface area contributed by atoms with Crippen LogP contribution < -0.4 is 5.32 Å². The van der Waals surface area contributed by atoms with Crippen LogP contribution in [-0.4, -0.2) is 17.1 Å². The van der Waals surface area contributed by atoms with Crippen molar-refractivity contribution in [3.05, 3.63) is 71.3 Å². The molecule has 0 amide bonds. The van der Waals surface area contributed by atoms with Crippen molar-refractivity contribution in [1.82, 2.24) is 5.32 Å². The van der Waals surface area contributed by atoms with E-state index in [0.717, 1.165) is 24.4 Å². The molecule has 1 atom stereocenters. The van der Waals surface area contributed by atoms with E-state index in [1.54, 1.807) is 12.1 Å². The second-order valence-corrected chi connectivity index (χ2v) is 6.02. The summed E-state index contributed by atoms with van der Waals surface area (Å²) in [6.45, 7) is 0.717. The molecule has 2 aromatic rings. The molecule has 0 bridgehead atoms. The summed E-state index contributed by atoms with van der Waals surface area (Å²) in [5.74, 6) is -0.118. The first-order valence-electron chi connectivity index (χ1n) is 7.82. The van der Waals surface area contributed by atoms with Crippen LogP contribution in [0.5, 0.6) is 0 Å². The number of benzene rings is 2. The molecule has 0 radical (unpaired) electrons. The van der Waals surface area contributed by atoms with Gasteiger partial charge in [0, 0.05) is 12.6 Å². The van der Waals surface area contributed by atoms with E-state index in [9.17, 15) is 4.79 Å². The van der Waals surface area contributed by atoms with Gasteiger partial charge in [0.05, 0.1) is 5.56 Å². The highest BCUT2D eigenvalue weighted by molar-refractivity contribution is 5.87. The van der Waals surface area contributed by atoms with Crippen LogP contribution in [0, 0.1) is 5.92 Å². The molecule has 1 saturated carbocycles. The number of nitrogens with one attached hydrogen (secondary N) is 1. The summed E-state index contributed by atoms with van der Waals surface area (Å²) in [6, 6.07) is 18.2. The molecular weight excluding hydrogens is 274 g/mol. The highest BCUT2D eigenvalue weighted by Crippen LogP contribution is 2.34. The molecule has 0 heterocycles. The van der Waals surface area contributed by atoms with Gasteiger partial charge in [-0.25, -0.2) is 4.79 Å². The van der Waals surface area contributed by atoms with Crippen molar-refractivity contribution in [2.75, 3.05) is 0 Å². The van der Waals surface area contributed by atoms with Crippen LogP contribution in [0.4, 0.5) is 0 Å². The van der Waals surface area contributed by atoms with Gasteiger partial charge in [-0.05, 0) is 48.4 Å². The predicted octanol–water partition coefficient (Wildman–Crippen LogP) is 3.50. The van der Waals surface area contributed by atoms with Gasteiger partial charge in [0.1, 0.15) is 0 Å². The van der Waals surface area contributed by atoms with Gasteiger partial charge in [0.15, 0.2) is 0 Å². The highest BCUT2D eigenvalue weighted by atomic mass is 16.4. The zero-order valence-corrected chi connectivity index (χ0v) is 12.5. The van der Waals surface area contributed by atoms with Crippen LogP contribution >= 0.6 is 0 Å². The summed E-state index contributed by atoms with van der Waals surface area (Å²) in [5.41, 5.74) is 2.73. The lowest BCUT2D eigenvalue weighted by molar-refractivity contribution is 0.0696. The Bertz CT molecular complexity index is 635. The Balaban J connectivity index is 1.62. The second-order valence-electron chi connectivity index (χ2n) is 6.02. The van der Waals surface area contributed by atoms with E-state index in [1.807, 2.05) is 18.2 Å². The van der Waals surface area contributed by atoms with E-state index in [-0.39, 0.29) is 0 Å². The van der Waals surface area contributed by atoms with Gasteiger partial charge in [0.25, 0.3) is 0 Å². The molecule has 1 fully saturated rings. The average Bonchev–Trinajstić information content (AvgIpc) is 3.37. The molecule has 0 spiro atoms. The number of carbonyl (C=O) groups is 1. The molecule has 1 aliphatic carbocycles. The van der Waals surface area contributed by atoms with E-state index in [2.05, 4.69) is 29.6 Å². The maximum Gasteiger partial charge on any atom is 0.335 e. The fourth-order valence-electron chi connectivity index (χ4n) is 2.84. The number of carboxylic acids is 1. The van der Waals surface area contributed by atoms with Crippen molar-refractivity contribution in [3.8, 4) is 0 Å². The molecule has 0 saturated heterocycles. The Labute approximate surface area is 131 Å². The number of hydrogen-bond acceptors (Lipinski definition) is 2. The Kier molecular flexibility index (Phi) is 4.54. The van der Waals surface area contributed by atoms with Crippen molar-refractivity contribution < 1.29 is 9.90 Å². The zero-order chi connectivity index (χ0) is 15.4.